The van der Waals surface area contributed by atoms with Gasteiger partial charge >= 0.3 is 0 Å². The Hall–Kier alpha value is -2.62. The fourth-order valence-corrected chi connectivity index (χ4v) is 4.08. The van der Waals surface area contributed by atoms with E-state index in [0.717, 1.165) is 25.3 Å². The van der Waals surface area contributed by atoms with E-state index in [9.17, 15) is 8.78 Å². The van der Waals surface area contributed by atoms with Crippen LogP contribution in [-0.2, 0) is 13.6 Å². The number of hydrogen-bond acceptors (Lipinski definition) is 6. The van der Waals surface area contributed by atoms with Gasteiger partial charge < -0.3 is 4.90 Å². The molecule has 8 nitrogen and oxygen atoms in total. The number of rotatable bonds is 4. The molecule has 0 aliphatic carbocycles. The zero-order valence-corrected chi connectivity index (χ0v) is 14.2. The fraction of sp³-hybridized carbons (Fsp3) is 0.500. The SMILES string of the molecule is Cn1cc(CN2C3CC2CN(c2ccc4nncn4n2)C3)c(C(F)F)n1. The largest absolute Gasteiger partial charge is 0.352 e. The molecule has 2 atom stereocenters. The van der Waals surface area contributed by atoms with Crippen LogP contribution < -0.4 is 4.90 Å². The molecule has 2 bridgehead atoms. The highest BCUT2D eigenvalue weighted by Crippen LogP contribution is 2.36. The number of alkyl halides is 2. The Labute approximate surface area is 148 Å². The highest BCUT2D eigenvalue weighted by atomic mass is 19.3. The van der Waals surface area contributed by atoms with Crippen molar-refractivity contribution in [3.63, 3.8) is 0 Å². The summed E-state index contributed by atoms with van der Waals surface area (Å²) in [7, 11) is 1.68. The van der Waals surface area contributed by atoms with Crippen molar-refractivity contribution in [3.05, 3.63) is 35.9 Å². The second kappa shape index (κ2) is 5.70. The molecule has 3 aromatic heterocycles. The maximum absolute atomic E-state index is 13.2. The minimum atomic E-state index is -2.54. The molecular weight excluding hydrogens is 342 g/mol. The second-order valence-corrected chi connectivity index (χ2v) is 6.96. The van der Waals surface area contributed by atoms with Gasteiger partial charge in [-0.25, -0.2) is 8.78 Å². The summed E-state index contributed by atoms with van der Waals surface area (Å²) >= 11 is 0. The Morgan fingerprint density at radius 2 is 2.00 bits per heavy atom. The van der Waals surface area contributed by atoms with Crippen molar-refractivity contribution >= 4 is 11.5 Å². The van der Waals surface area contributed by atoms with Gasteiger partial charge in [-0.1, -0.05) is 0 Å². The van der Waals surface area contributed by atoms with E-state index in [-0.39, 0.29) is 5.69 Å². The summed E-state index contributed by atoms with van der Waals surface area (Å²) in [6, 6.07) is 4.54. The smallest absolute Gasteiger partial charge is 0.282 e. The fourth-order valence-electron chi connectivity index (χ4n) is 4.08. The first-order valence-electron chi connectivity index (χ1n) is 8.57. The van der Waals surface area contributed by atoms with Crippen molar-refractivity contribution in [1.29, 1.82) is 0 Å². The topological polar surface area (TPSA) is 67.4 Å². The molecule has 2 unspecified atom stereocenters. The van der Waals surface area contributed by atoms with Crippen molar-refractivity contribution in [3.8, 4) is 0 Å². The van der Waals surface area contributed by atoms with Gasteiger partial charge in [0.2, 0.25) is 0 Å². The predicted octanol–water partition coefficient (Wildman–Crippen LogP) is 1.26. The van der Waals surface area contributed by atoms with Gasteiger partial charge in [-0.3, -0.25) is 9.58 Å². The lowest BCUT2D eigenvalue weighted by Crippen LogP contribution is -2.68. The van der Waals surface area contributed by atoms with Crippen molar-refractivity contribution < 1.29 is 8.78 Å². The molecule has 0 radical (unpaired) electrons. The zero-order chi connectivity index (χ0) is 17.8. The van der Waals surface area contributed by atoms with E-state index in [4.69, 9.17) is 0 Å². The molecule has 26 heavy (non-hydrogen) atoms. The van der Waals surface area contributed by atoms with Crippen molar-refractivity contribution in [2.45, 2.75) is 31.5 Å². The third kappa shape index (κ3) is 2.44. The number of aromatic nitrogens is 6. The number of piperazine rings is 1. The number of fused-ring (bicyclic) bond motifs is 3. The average molecular weight is 360 g/mol. The van der Waals surface area contributed by atoms with Crippen LogP contribution in [0.2, 0.25) is 0 Å². The Kier molecular flexibility index (Phi) is 3.42. The van der Waals surface area contributed by atoms with Crippen LogP contribution in [-0.4, -0.2) is 59.7 Å². The Bertz CT molecular complexity index is 939. The number of piperidine rings is 1. The van der Waals surface area contributed by atoms with Crippen molar-refractivity contribution in [2.75, 3.05) is 18.0 Å². The van der Waals surface area contributed by atoms with Crippen LogP contribution in [0.5, 0.6) is 0 Å². The van der Waals surface area contributed by atoms with Crippen LogP contribution in [0.25, 0.3) is 5.65 Å². The molecule has 0 aromatic carbocycles. The summed E-state index contributed by atoms with van der Waals surface area (Å²) in [6.07, 6.45) is 1.85. The summed E-state index contributed by atoms with van der Waals surface area (Å²) in [6.45, 7) is 2.19. The summed E-state index contributed by atoms with van der Waals surface area (Å²) < 4.78 is 29.5. The highest BCUT2D eigenvalue weighted by molar-refractivity contribution is 5.46. The maximum Gasteiger partial charge on any atom is 0.282 e. The summed E-state index contributed by atoms with van der Waals surface area (Å²) in [5, 5.41) is 16.3. The van der Waals surface area contributed by atoms with Gasteiger partial charge in [-0.05, 0) is 18.6 Å². The van der Waals surface area contributed by atoms with E-state index in [2.05, 4.69) is 30.2 Å². The molecule has 3 aliphatic heterocycles. The number of hydrogen-bond donors (Lipinski definition) is 0. The summed E-state index contributed by atoms with van der Waals surface area (Å²) in [4.78, 5) is 4.54. The third-order valence-electron chi connectivity index (χ3n) is 5.31. The lowest BCUT2D eigenvalue weighted by Gasteiger charge is -2.56. The zero-order valence-electron chi connectivity index (χ0n) is 14.2. The molecule has 3 saturated heterocycles. The number of halogens is 2. The lowest BCUT2D eigenvalue weighted by molar-refractivity contribution is -0.00968. The molecule has 6 rings (SSSR count). The minimum Gasteiger partial charge on any atom is -0.352 e. The van der Waals surface area contributed by atoms with Gasteiger partial charge in [-0.15, -0.1) is 15.3 Å². The normalized spacial score (nSPS) is 23.0. The number of anilines is 1. The standard InChI is InChI=1S/C16H18F2N8/c1-23-5-10(15(22-23)16(17)18)6-25-11-4-12(25)8-24(7-11)14-3-2-13-20-19-9-26(13)21-14/h2-3,5,9,11-12,16H,4,6-8H2,1H3. The van der Waals surface area contributed by atoms with E-state index >= 15 is 0 Å². The second-order valence-electron chi connectivity index (χ2n) is 6.96. The van der Waals surface area contributed by atoms with Crippen LogP contribution >= 0.6 is 0 Å². The molecule has 3 aliphatic rings. The number of aryl methyl sites for hydroxylation is 1. The van der Waals surface area contributed by atoms with E-state index in [0.29, 0.717) is 29.8 Å². The molecule has 0 amide bonds. The lowest BCUT2D eigenvalue weighted by atomic mass is 9.87. The highest BCUT2D eigenvalue weighted by Gasteiger charge is 2.45. The predicted molar refractivity (Wildman–Crippen MR) is 88.9 cm³/mol. The van der Waals surface area contributed by atoms with Crippen LogP contribution in [0.4, 0.5) is 14.6 Å². The van der Waals surface area contributed by atoms with E-state index in [1.165, 1.54) is 4.68 Å². The van der Waals surface area contributed by atoms with E-state index in [1.807, 2.05) is 12.1 Å². The molecule has 3 aromatic rings. The van der Waals surface area contributed by atoms with Crippen molar-refractivity contribution in [1.82, 2.24) is 34.5 Å². The molecule has 136 valence electrons. The monoisotopic (exact) mass is 360 g/mol. The summed E-state index contributed by atoms with van der Waals surface area (Å²) in [5.74, 6) is 0.890. The maximum atomic E-state index is 13.2. The quantitative estimate of drug-likeness (QED) is 0.698. The first kappa shape index (κ1) is 15.6. The summed E-state index contributed by atoms with van der Waals surface area (Å²) in [5.41, 5.74) is 1.23. The van der Waals surface area contributed by atoms with E-state index in [1.54, 1.807) is 24.1 Å². The van der Waals surface area contributed by atoms with Gasteiger partial charge in [0.15, 0.2) is 5.65 Å². The van der Waals surface area contributed by atoms with Gasteiger partial charge in [0, 0.05) is 50.5 Å². The molecular formula is C16H18F2N8. The molecule has 0 spiro atoms. The van der Waals surface area contributed by atoms with Crippen LogP contribution in [0.15, 0.2) is 24.7 Å². The Balaban J connectivity index is 1.31. The number of nitrogens with zero attached hydrogens (tertiary/aromatic N) is 8. The molecule has 3 fully saturated rings. The van der Waals surface area contributed by atoms with Gasteiger partial charge in [-0.2, -0.15) is 9.61 Å². The van der Waals surface area contributed by atoms with Crippen LogP contribution in [0.3, 0.4) is 0 Å². The van der Waals surface area contributed by atoms with Crippen LogP contribution in [0.1, 0.15) is 24.1 Å². The van der Waals surface area contributed by atoms with E-state index < -0.39 is 6.43 Å². The average Bonchev–Trinajstić information content (AvgIpc) is 3.25. The minimum absolute atomic E-state index is 0.103. The van der Waals surface area contributed by atoms with Crippen LogP contribution in [0, 0.1) is 0 Å². The first-order valence-corrected chi connectivity index (χ1v) is 8.57. The first-order chi connectivity index (χ1) is 12.6. The Morgan fingerprint density at radius 3 is 2.77 bits per heavy atom. The van der Waals surface area contributed by atoms with Crippen molar-refractivity contribution in [2.24, 2.45) is 7.05 Å². The van der Waals surface area contributed by atoms with Gasteiger partial charge in [0.05, 0.1) is 0 Å². The third-order valence-corrected chi connectivity index (χ3v) is 5.31. The van der Waals surface area contributed by atoms with Gasteiger partial charge in [0.25, 0.3) is 6.43 Å². The molecule has 0 saturated carbocycles. The molecule has 0 N–H and O–H groups in total. The molecule has 10 heteroatoms. The Morgan fingerprint density at radius 1 is 1.19 bits per heavy atom. The molecule has 6 heterocycles. The van der Waals surface area contributed by atoms with Gasteiger partial charge in [0.1, 0.15) is 17.8 Å².